The van der Waals surface area contributed by atoms with E-state index < -0.39 is 12.8 Å². The maximum absolute atomic E-state index is 13.2. The zero-order valence-electron chi connectivity index (χ0n) is 12.5. The topological polar surface area (TPSA) is 35.5 Å². The van der Waals surface area contributed by atoms with Gasteiger partial charge in [-0.2, -0.15) is 0 Å². The second-order valence-corrected chi connectivity index (χ2v) is 8.42. The first-order valence-electron chi connectivity index (χ1n) is 7.10. The van der Waals surface area contributed by atoms with E-state index in [1.54, 1.807) is 0 Å². The summed E-state index contributed by atoms with van der Waals surface area (Å²) in [6.07, 6.45) is 0.734. The molecular formula is C17H18ClO3P. The van der Waals surface area contributed by atoms with Crippen molar-refractivity contribution >= 4 is 19.2 Å². The maximum Gasteiger partial charge on any atom is 0.341 e. The Morgan fingerprint density at radius 3 is 2.18 bits per heavy atom. The fourth-order valence-electron chi connectivity index (χ4n) is 3.25. The third kappa shape index (κ3) is 2.33. The normalized spacial score (nSPS) is 24.2. The summed E-state index contributed by atoms with van der Waals surface area (Å²) in [5.74, 6) is 0.0953. The molecule has 0 aliphatic heterocycles. The van der Waals surface area contributed by atoms with Gasteiger partial charge in [0, 0.05) is 25.2 Å². The zero-order chi connectivity index (χ0) is 15.8. The highest BCUT2D eigenvalue weighted by atomic mass is 35.5. The minimum atomic E-state index is -3.26. The molecule has 0 heterocycles. The van der Waals surface area contributed by atoms with E-state index in [0.29, 0.717) is 5.02 Å². The van der Waals surface area contributed by atoms with Crippen molar-refractivity contribution in [2.45, 2.75) is 17.5 Å². The highest BCUT2D eigenvalue weighted by Gasteiger charge is 2.68. The van der Waals surface area contributed by atoms with E-state index >= 15 is 0 Å². The molecule has 116 valence electrons. The predicted molar refractivity (Wildman–Crippen MR) is 88.6 cm³/mol. The van der Waals surface area contributed by atoms with Crippen molar-refractivity contribution < 1.29 is 13.6 Å². The molecule has 2 aromatic carbocycles. The Hall–Kier alpha value is -1.12. The van der Waals surface area contributed by atoms with Gasteiger partial charge in [-0.15, -0.1) is 0 Å². The molecular weight excluding hydrogens is 319 g/mol. The van der Waals surface area contributed by atoms with Gasteiger partial charge in [0.05, 0.1) is 0 Å². The lowest BCUT2D eigenvalue weighted by Gasteiger charge is -2.26. The average molecular weight is 337 g/mol. The van der Waals surface area contributed by atoms with Crippen LogP contribution in [0.5, 0.6) is 0 Å². The van der Waals surface area contributed by atoms with Crippen molar-refractivity contribution in [3.8, 4) is 0 Å². The molecule has 5 heteroatoms. The van der Waals surface area contributed by atoms with E-state index in [-0.39, 0.29) is 5.92 Å². The second kappa shape index (κ2) is 5.82. The number of hydrogen-bond donors (Lipinski definition) is 0. The molecule has 22 heavy (non-hydrogen) atoms. The van der Waals surface area contributed by atoms with Gasteiger partial charge in [-0.25, -0.2) is 0 Å². The van der Waals surface area contributed by atoms with Crippen molar-refractivity contribution in [3.63, 3.8) is 0 Å². The van der Waals surface area contributed by atoms with E-state index in [1.807, 2.05) is 54.6 Å². The van der Waals surface area contributed by atoms with Gasteiger partial charge in [0.2, 0.25) is 0 Å². The molecule has 1 aliphatic carbocycles. The first-order valence-corrected chi connectivity index (χ1v) is 9.02. The Morgan fingerprint density at radius 1 is 1.05 bits per heavy atom. The molecule has 1 saturated carbocycles. The minimum absolute atomic E-state index is 0.0953. The van der Waals surface area contributed by atoms with Crippen molar-refractivity contribution in [2.24, 2.45) is 0 Å². The molecule has 1 fully saturated rings. The first-order chi connectivity index (χ1) is 10.6. The van der Waals surface area contributed by atoms with E-state index in [0.717, 1.165) is 17.5 Å². The largest absolute Gasteiger partial charge is 0.341 e. The molecule has 0 amide bonds. The fraction of sp³-hybridized carbons (Fsp3) is 0.294. The maximum atomic E-state index is 13.2. The van der Waals surface area contributed by atoms with Crippen LogP contribution in [-0.4, -0.2) is 14.2 Å². The van der Waals surface area contributed by atoms with Crippen molar-refractivity contribution in [3.05, 3.63) is 70.7 Å². The molecule has 3 rings (SSSR count). The van der Waals surface area contributed by atoms with Gasteiger partial charge in [0.1, 0.15) is 5.16 Å². The smallest absolute Gasteiger partial charge is 0.311 e. The van der Waals surface area contributed by atoms with Crippen LogP contribution >= 0.6 is 19.2 Å². The number of rotatable bonds is 5. The van der Waals surface area contributed by atoms with Crippen LogP contribution < -0.4 is 0 Å². The van der Waals surface area contributed by atoms with E-state index in [9.17, 15) is 4.57 Å². The Balaban J connectivity index is 2.08. The molecule has 0 saturated heterocycles. The molecule has 0 radical (unpaired) electrons. The molecule has 2 atom stereocenters. The van der Waals surface area contributed by atoms with Crippen LogP contribution in [0.1, 0.15) is 23.5 Å². The van der Waals surface area contributed by atoms with Crippen LogP contribution in [0.2, 0.25) is 5.02 Å². The summed E-state index contributed by atoms with van der Waals surface area (Å²) < 4.78 is 23.9. The van der Waals surface area contributed by atoms with Gasteiger partial charge in [-0.05, 0) is 29.7 Å². The lowest BCUT2D eigenvalue weighted by atomic mass is 10.0. The SMILES string of the molecule is COP(=O)(OC)[C@@]1(c2ccccc2)C[C@@H]1c1ccc(Cl)cc1. The third-order valence-corrected chi connectivity index (χ3v) is 7.39. The standard InChI is InChI=1S/C17H18ClO3P/c1-20-22(19,21-2)17(14-6-4-3-5-7-14)12-16(17)13-8-10-15(18)11-9-13/h3-11,16H,12H2,1-2H3/t16-,17-/m1/s1. The highest BCUT2D eigenvalue weighted by Crippen LogP contribution is 2.81. The van der Waals surface area contributed by atoms with E-state index in [2.05, 4.69) is 0 Å². The van der Waals surface area contributed by atoms with Gasteiger partial charge in [0.15, 0.2) is 0 Å². The predicted octanol–water partition coefficient (Wildman–Crippen LogP) is 5.21. The van der Waals surface area contributed by atoms with E-state index in [4.69, 9.17) is 20.6 Å². The van der Waals surface area contributed by atoms with Gasteiger partial charge in [0.25, 0.3) is 0 Å². The lowest BCUT2D eigenvalue weighted by molar-refractivity contribution is 0.261. The summed E-state index contributed by atoms with van der Waals surface area (Å²) in [7, 11) is -0.360. The van der Waals surface area contributed by atoms with Gasteiger partial charge in [-0.1, -0.05) is 54.1 Å². The third-order valence-electron chi connectivity index (χ3n) is 4.45. The Bertz CT molecular complexity index is 694. The molecule has 0 bridgehead atoms. The summed E-state index contributed by atoms with van der Waals surface area (Å²) in [5, 5.41) is 0.0716. The summed E-state index contributed by atoms with van der Waals surface area (Å²) in [6, 6.07) is 17.5. The molecule has 3 nitrogen and oxygen atoms in total. The Morgan fingerprint density at radius 2 is 1.64 bits per heavy atom. The number of hydrogen-bond acceptors (Lipinski definition) is 3. The molecule has 0 unspecified atom stereocenters. The Labute approximate surface area is 135 Å². The molecule has 0 aromatic heterocycles. The fourth-order valence-corrected chi connectivity index (χ4v) is 5.58. The minimum Gasteiger partial charge on any atom is -0.311 e. The number of benzene rings is 2. The van der Waals surface area contributed by atoms with Gasteiger partial charge in [-0.3, -0.25) is 4.57 Å². The van der Waals surface area contributed by atoms with Gasteiger partial charge >= 0.3 is 7.60 Å². The lowest BCUT2D eigenvalue weighted by Crippen LogP contribution is -2.13. The summed E-state index contributed by atoms with van der Waals surface area (Å²) in [6.45, 7) is 0. The van der Waals surface area contributed by atoms with Gasteiger partial charge < -0.3 is 9.05 Å². The van der Waals surface area contributed by atoms with Crippen molar-refractivity contribution in [1.29, 1.82) is 0 Å². The van der Waals surface area contributed by atoms with Crippen LogP contribution in [0.25, 0.3) is 0 Å². The van der Waals surface area contributed by atoms with Crippen LogP contribution in [0.4, 0.5) is 0 Å². The van der Waals surface area contributed by atoms with Crippen LogP contribution in [0.15, 0.2) is 54.6 Å². The summed E-state index contributed by atoms with van der Waals surface area (Å²) in [5.41, 5.74) is 2.09. The number of halogens is 1. The summed E-state index contributed by atoms with van der Waals surface area (Å²) in [4.78, 5) is 0. The first kappa shape index (κ1) is 15.8. The van der Waals surface area contributed by atoms with Crippen molar-refractivity contribution in [1.82, 2.24) is 0 Å². The molecule has 0 N–H and O–H groups in total. The Kier molecular flexibility index (Phi) is 4.17. The molecule has 2 aromatic rings. The summed E-state index contributed by atoms with van der Waals surface area (Å²) >= 11 is 5.97. The molecule has 0 spiro atoms. The zero-order valence-corrected chi connectivity index (χ0v) is 14.2. The monoisotopic (exact) mass is 336 g/mol. The van der Waals surface area contributed by atoms with E-state index in [1.165, 1.54) is 14.2 Å². The van der Waals surface area contributed by atoms with Crippen molar-refractivity contribution in [2.75, 3.05) is 14.2 Å². The average Bonchev–Trinajstić information content (AvgIpc) is 3.33. The quantitative estimate of drug-likeness (QED) is 0.703. The second-order valence-electron chi connectivity index (χ2n) is 5.46. The highest BCUT2D eigenvalue weighted by molar-refractivity contribution is 7.55. The van der Waals surface area contributed by atoms with Crippen LogP contribution in [0.3, 0.4) is 0 Å². The van der Waals surface area contributed by atoms with Crippen LogP contribution in [0, 0.1) is 0 Å². The molecule has 1 aliphatic rings. The van der Waals surface area contributed by atoms with Crippen LogP contribution in [-0.2, 0) is 18.8 Å².